The maximum absolute atomic E-state index is 11.9. The van der Waals surface area contributed by atoms with Gasteiger partial charge in [-0.15, -0.1) is 0 Å². The topological polar surface area (TPSA) is 136 Å². The van der Waals surface area contributed by atoms with Crippen molar-refractivity contribution < 1.29 is 34.8 Å². The molecule has 0 saturated heterocycles. The summed E-state index contributed by atoms with van der Waals surface area (Å²) in [5.41, 5.74) is -2.55. The van der Waals surface area contributed by atoms with Crippen LogP contribution in [0, 0.1) is 0 Å². The SMILES string of the molecule is CC(C)(C)OC(=O)[C@@](C)(O)[C@H](O)CNC(=O)/C=C/c1ccc(O)c(O)c1. The molecule has 0 aromatic heterocycles. The third-order valence-electron chi connectivity index (χ3n) is 3.36. The normalized spacial score (nSPS) is 15.3. The van der Waals surface area contributed by atoms with Crippen LogP contribution in [0.1, 0.15) is 33.3 Å². The number of amides is 1. The lowest BCUT2D eigenvalue weighted by Gasteiger charge is -2.30. The molecule has 1 rings (SSSR count). The zero-order valence-electron chi connectivity index (χ0n) is 15.2. The van der Waals surface area contributed by atoms with Gasteiger partial charge in [0.1, 0.15) is 11.7 Å². The number of rotatable bonds is 6. The summed E-state index contributed by atoms with van der Waals surface area (Å²) in [6.45, 7) is 5.60. The van der Waals surface area contributed by atoms with E-state index in [0.717, 1.165) is 13.0 Å². The van der Waals surface area contributed by atoms with Crippen LogP contribution < -0.4 is 5.32 Å². The van der Waals surface area contributed by atoms with Crippen LogP contribution in [0.15, 0.2) is 24.3 Å². The number of benzene rings is 1. The number of hydrogen-bond donors (Lipinski definition) is 5. The molecular weight excluding hydrogens is 342 g/mol. The lowest BCUT2D eigenvalue weighted by Crippen LogP contribution is -2.53. The molecule has 0 aliphatic carbocycles. The molecule has 1 aromatic rings. The van der Waals surface area contributed by atoms with Gasteiger partial charge in [-0.2, -0.15) is 0 Å². The number of carbonyl (C=O) groups is 2. The predicted octanol–water partition coefficient (Wildman–Crippen LogP) is 0.681. The fourth-order valence-electron chi connectivity index (χ4n) is 1.79. The molecule has 0 radical (unpaired) electrons. The Hall–Kier alpha value is -2.58. The Bertz CT molecular complexity index is 689. The first-order chi connectivity index (χ1) is 11.8. The molecule has 0 saturated carbocycles. The Morgan fingerprint density at radius 1 is 1.19 bits per heavy atom. The lowest BCUT2D eigenvalue weighted by molar-refractivity contribution is -0.186. The van der Waals surface area contributed by atoms with Crippen LogP contribution in [-0.2, 0) is 14.3 Å². The van der Waals surface area contributed by atoms with Crippen LogP contribution in [0.3, 0.4) is 0 Å². The number of phenolic OH excluding ortho intramolecular Hbond substituents is 2. The van der Waals surface area contributed by atoms with Gasteiger partial charge in [0.05, 0.1) is 0 Å². The minimum atomic E-state index is -2.19. The molecule has 8 heteroatoms. The van der Waals surface area contributed by atoms with Crippen LogP contribution in [0.25, 0.3) is 6.08 Å². The van der Waals surface area contributed by atoms with Gasteiger partial charge in [0.15, 0.2) is 17.1 Å². The molecule has 144 valence electrons. The minimum absolute atomic E-state index is 0.279. The molecule has 26 heavy (non-hydrogen) atoms. The Morgan fingerprint density at radius 3 is 2.35 bits per heavy atom. The van der Waals surface area contributed by atoms with E-state index in [9.17, 15) is 30.0 Å². The molecule has 0 unspecified atom stereocenters. The van der Waals surface area contributed by atoms with Gasteiger partial charge in [0.2, 0.25) is 5.91 Å². The second-order valence-electron chi connectivity index (χ2n) is 6.99. The van der Waals surface area contributed by atoms with E-state index in [1.807, 2.05) is 0 Å². The van der Waals surface area contributed by atoms with Crippen LogP contribution >= 0.6 is 0 Å². The molecule has 1 aromatic carbocycles. The zero-order chi connectivity index (χ0) is 20.1. The van der Waals surface area contributed by atoms with E-state index in [0.29, 0.717) is 5.56 Å². The number of aliphatic hydroxyl groups excluding tert-OH is 1. The Balaban J connectivity index is 2.61. The van der Waals surface area contributed by atoms with Crippen molar-refractivity contribution in [1.82, 2.24) is 5.32 Å². The van der Waals surface area contributed by atoms with Gasteiger partial charge in [-0.25, -0.2) is 4.79 Å². The van der Waals surface area contributed by atoms with Crippen LogP contribution in [0.5, 0.6) is 11.5 Å². The number of aliphatic hydroxyl groups is 2. The molecule has 0 fully saturated rings. The van der Waals surface area contributed by atoms with E-state index in [-0.39, 0.29) is 18.0 Å². The molecule has 0 aliphatic heterocycles. The fourth-order valence-corrected chi connectivity index (χ4v) is 1.79. The van der Waals surface area contributed by atoms with Gasteiger partial charge < -0.3 is 30.5 Å². The monoisotopic (exact) mass is 367 g/mol. The average molecular weight is 367 g/mol. The first-order valence-corrected chi connectivity index (χ1v) is 7.94. The minimum Gasteiger partial charge on any atom is -0.504 e. The van der Waals surface area contributed by atoms with Gasteiger partial charge in [0.25, 0.3) is 0 Å². The van der Waals surface area contributed by atoms with E-state index >= 15 is 0 Å². The highest BCUT2D eigenvalue weighted by molar-refractivity contribution is 5.91. The molecule has 0 bridgehead atoms. The second kappa shape index (κ2) is 8.20. The van der Waals surface area contributed by atoms with Gasteiger partial charge in [0, 0.05) is 12.6 Å². The second-order valence-corrected chi connectivity index (χ2v) is 6.99. The van der Waals surface area contributed by atoms with E-state index in [2.05, 4.69) is 5.32 Å². The number of phenols is 2. The van der Waals surface area contributed by atoms with Crippen LogP contribution in [0.4, 0.5) is 0 Å². The van der Waals surface area contributed by atoms with E-state index in [1.54, 1.807) is 20.8 Å². The predicted molar refractivity (Wildman–Crippen MR) is 94.3 cm³/mol. The van der Waals surface area contributed by atoms with Crippen molar-refractivity contribution >= 4 is 18.0 Å². The highest BCUT2D eigenvalue weighted by Crippen LogP contribution is 2.25. The molecule has 2 atom stereocenters. The van der Waals surface area contributed by atoms with Crippen molar-refractivity contribution in [2.75, 3.05) is 6.54 Å². The van der Waals surface area contributed by atoms with Gasteiger partial charge in [-0.05, 0) is 51.5 Å². The van der Waals surface area contributed by atoms with Crippen LogP contribution in [0.2, 0.25) is 0 Å². The van der Waals surface area contributed by atoms with Crippen molar-refractivity contribution in [3.05, 3.63) is 29.8 Å². The summed E-state index contributed by atoms with van der Waals surface area (Å²) in [5.74, 6) is -2.19. The van der Waals surface area contributed by atoms with Crippen molar-refractivity contribution in [2.24, 2.45) is 0 Å². The molecule has 0 spiro atoms. The number of carbonyl (C=O) groups excluding carboxylic acids is 2. The lowest BCUT2D eigenvalue weighted by atomic mass is 9.98. The number of esters is 1. The summed E-state index contributed by atoms with van der Waals surface area (Å²) in [4.78, 5) is 23.7. The van der Waals surface area contributed by atoms with Crippen molar-refractivity contribution in [3.63, 3.8) is 0 Å². The molecule has 8 nitrogen and oxygen atoms in total. The number of aromatic hydroxyl groups is 2. The standard InChI is InChI=1S/C18H25NO7/c1-17(2,3)26-16(24)18(4,25)14(22)10-19-15(23)8-6-11-5-7-12(20)13(21)9-11/h5-9,14,20-22,25H,10H2,1-4H3,(H,19,23)/b8-6+/t14-,18+/m1/s1. The first-order valence-electron chi connectivity index (χ1n) is 7.94. The van der Waals surface area contributed by atoms with Crippen molar-refractivity contribution in [1.29, 1.82) is 0 Å². The Kier molecular flexibility index (Phi) is 6.77. The highest BCUT2D eigenvalue weighted by Gasteiger charge is 2.41. The first kappa shape index (κ1) is 21.5. The highest BCUT2D eigenvalue weighted by atomic mass is 16.6. The van der Waals surface area contributed by atoms with Crippen molar-refractivity contribution in [2.45, 2.75) is 45.0 Å². The van der Waals surface area contributed by atoms with E-state index in [4.69, 9.17) is 4.74 Å². The average Bonchev–Trinajstić information content (AvgIpc) is 2.51. The van der Waals surface area contributed by atoms with Crippen LogP contribution in [-0.4, -0.2) is 56.2 Å². The Morgan fingerprint density at radius 2 is 1.81 bits per heavy atom. The smallest absolute Gasteiger partial charge is 0.341 e. The van der Waals surface area contributed by atoms with Gasteiger partial charge >= 0.3 is 5.97 Å². The summed E-state index contributed by atoms with van der Waals surface area (Å²) in [7, 11) is 0. The molecule has 1 amide bonds. The number of ether oxygens (including phenoxy) is 1. The van der Waals surface area contributed by atoms with E-state index in [1.165, 1.54) is 24.3 Å². The zero-order valence-corrected chi connectivity index (χ0v) is 15.2. The Labute approximate surface area is 151 Å². The third-order valence-corrected chi connectivity index (χ3v) is 3.36. The summed E-state index contributed by atoms with van der Waals surface area (Å²) in [5, 5.41) is 41.1. The summed E-state index contributed by atoms with van der Waals surface area (Å²) < 4.78 is 5.04. The maximum Gasteiger partial charge on any atom is 0.341 e. The number of nitrogens with one attached hydrogen (secondary N) is 1. The molecule has 0 heterocycles. The summed E-state index contributed by atoms with van der Waals surface area (Å²) in [6.07, 6.45) is 0.945. The van der Waals surface area contributed by atoms with Gasteiger partial charge in [-0.3, -0.25) is 4.79 Å². The van der Waals surface area contributed by atoms with E-state index < -0.39 is 29.2 Å². The van der Waals surface area contributed by atoms with Crippen molar-refractivity contribution in [3.8, 4) is 11.5 Å². The largest absolute Gasteiger partial charge is 0.504 e. The number of hydrogen-bond acceptors (Lipinski definition) is 7. The molecule has 0 aliphatic rings. The quantitative estimate of drug-likeness (QED) is 0.283. The maximum atomic E-state index is 11.9. The summed E-state index contributed by atoms with van der Waals surface area (Å²) >= 11 is 0. The third kappa shape index (κ3) is 6.38. The molecular formula is C18H25NO7. The molecule has 5 N–H and O–H groups in total. The van der Waals surface area contributed by atoms with Gasteiger partial charge in [-0.1, -0.05) is 6.07 Å². The summed E-state index contributed by atoms with van der Waals surface area (Å²) in [6, 6.07) is 4.02. The fraction of sp³-hybridized carbons (Fsp3) is 0.444.